The van der Waals surface area contributed by atoms with Gasteiger partial charge in [-0.15, -0.1) is 5.10 Å². The number of hydrogen-bond donors (Lipinski definition) is 1. The highest BCUT2D eigenvalue weighted by Gasteiger charge is 2.18. The van der Waals surface area contributed by atoms with Crippen LogP contribution in [0.15, 0.2) is 30.5 Å². The fourth-order valence-corrected chi connectivity index (χ4v) is 2.40. The summed E-state index contributed by atoms with van der Waals surface area (Å²) in [6.07, 6.45) is 5.24. The Kier molecular flexibility index (Phi) is 2.55. The molecule has 0 fully saturated rings. The molecule has 1 aromatic heterocycles. The van der Waals surface area contributed by atoms with E-state index >= 15 is 0 Å². The van der Waals surface area contributed by atoms with Gasteiger partial charge in [0.05, 0.1) is 5.69 Å². The highest BCUT2D eigenvalue weighted by Crippen LogP contribution is 2.25. The van der Waals surface area contributed by atoms with Gasteiger partial charge < -0.3 is 5.32 Å². The van der Waals surface area contributed by atoms with Gasteiger partial charge in [0, 0.05) is 31.4 Å². The van der Waals surface area contributed by atoms with Crippen molar-refractivity contribution in [3.8, 4) is 0 Å². The molecule has 88 valence electrons. The molecule has 1 unspecified atom stereocenters. The van der Waals surface area contributed by atoms with Gasteiger partial charge >= 0.3 is 0 Å². The molecule has 4 heteroatoms. The van der Waals surface area contributed by atoms with Crippen molar-refractivity contribution >= 4 is 5.69 Å². The van der Waals surface area contributed by atoms with Crippen LogP contribution in [-0.4, -0.2) is 21.0 Å². The average Bonchev–Trinajstić information content (AvgIpc) is 2.75. The molecule has 2 aromatic rings. The number of anilines is 1. The molecule has 0 saturated heterocycles. The summed E-state index contributed by atoms with van der Waals surface area (Å²) in [6, 6.07) is 9.00. The van der Waals surface area contributed by atoms with E-state index in [1.807, 2.05) is 13.2 Å². The van der Waals surface area contributed by atoms with E-state index in [0.717, 1.165) is 25.0 Å². The van der Waals surface area contributed by atoms with Gasteiger partial charge in [0.15, 0.2) is 0 Å². The highest BCUT2D eigenvalue weighted by atomic mass is 15.4. The second-order valence-corrected chi connectivity index (χ2v) is 4.62. The van der Waals surface area contributed by atoms with E-state index in [1.54, 1.807) is 4.68 Å². The fourth-order valence-electron chi connectivity index (χ4n) is 2.40. The SMILES string of the molecule is Cn1cc(CC2CCc3ccccc3N2)nn1. The van der Waals surface area contributed by atoms with E-state index in [-0.39, 0.29) is 0 Å². The van der Waals surface area contributed by atoms with E-state index in [0.29, 0.717) is 6.04 Å². The van der Waals surface area contributed by atoms with Crippen LogP contribution in [0.25, 0.3) is 0 Å². The maximum Gasteiger partial charge on any atom is 0.0847 e. The molecule has 1 N–H and O–H groups in total. The third-order valence-corrected chi connectivity index (χ3v) is 3.24. The fraction of sp³-hybridized carbons (Fsp3) is 0.385. The number of para-hydroxylation sites is 1. The number of benzene rings is 1. The Balaban J connectivity index is 1.72. The molecule has 0 bridgehead atoms. The first-order valence-electron chi connectivity index (χ1n) is 6.01. The molecule has 0 spiro atoms. The summed E-state index contributed by atoms with van der Waals surface area (Å²) in [5, 5.41) is 11.7. The highest BCUT2D eigenvalue weighted by molar-refractivity contribution is 5.53. The average molecular weight is 228 g/mol. The van der Waals surface area contributed by atoms with Crippen LogP contribution in [0.1, 0.15) is 17.7 Å². The Labute approximate surface area is 101 Å². The first-order valence-corrected chi connectivity index (χ1v) is 6.01. The molecule has 0 saturated carbocycles. The first kappa shape index (κ1) is 10.3. The van der Waals surface area contributed by atoms with Crippen LogP contribution in [0.3, 0.4) is 0 Å². The van der Waals surface area contributed by atoms with Crippen LogP contribution in [0.4, 0.5) is 5.69 Å². The van der Waals surface area contributed by atoms with Crippen molar-refractivity contribution in [1.82, 2.24) is 15.0 Å². The van der Waals surface area contributed by atoms with Crippen LogP contribution in [0.5, 0.6) is 0 Å². The van der Waals surface area contributed by atoms with Gasteiger partial charge in [-0.1, -0.05) is 23.4 Å². The normalized spacial score (nSPS) is 18.5. The third kappa shape index (κ3) is 2.16. The van der Waals surface area contributed by atoms with E-state index < -0.39 is 0 Å². The van der Waals surface area contributed by atoms with E-state index in [1.165, 1.54) is 11.3 Å². The predicted molar refractivity (Wildman–Crippen MR) is 66.9 cm³/mol. The lowest BCUT2D eigenvalue weighted by molar-refractivity contribution is 0.619. The lowest BCUT2D eigenvalue weighted by atomic mass is 9.96. The smallest absolute Gasteiger partial charge is 0.0847 e. The summed E-state index contributed by atoms with van der Waals surface area (Å²) in [4.78, 5) is 0. The maximum absolute atomic E-state index is 4.14. The number of aryl methyl sites for hydroxylation is 2. The number of rotatable bonds is 2. The Bertz CT molecular complexity index is 518. The van der Waals surface area contributed by atoms with Gasteiger partial charge in [0.25, 0.3) is 0 Å². The second kappa shape index (κ2) is 4.20. The van der Waals surface area contributed by atoms with Crippen LogP contribution < -0.4 is 5.32 Å². The number of hydrogen-bond acceptors (Lipinski definition) is 3. The zero-order valence-corrected chi connectivity index (χ0v) is 9.93. The van der Waals surface area contributed by atoms with Crippen molar-refractivity contribution in [3.05, 3.63) is 41.7 Å². The van der Waals surface area contributed by atoms with Crippen molar-refractivity contribution < 1.29 is 0 Å². The summed E-state index contributed by atoms with van der Waals surface area (Å²) in [7, 11) is 1.90. The molecule has 4 nitrogen and oxygen atoms in total. The lowest BCUT2D eigenvalue weighted by Gasteiger charge is -2.26. The summed E-state index contributed by atoms with van der Waals surface area (Å²) in [5.74, 6) is 0. The van der Waals surface area contributed by atoms with E-state index in [4.69, 9.17) is 0 Å². The largest absolute Gasteiger partial charge is 0.382 e. The summed E-state index contributed by atoms with van der Waals surface area (Å²) in [6.45, 7) is 0. The molecule has 1 atom stereocenters. The first-order chi connectivity index (χ1) is 8.31. The van der Waals surface area contributed by atoms with Gasteiger partial charge in [-0.05, 0) is 24.5 Å². The molecule has 3 rings (SSSR count). The number of fused-ring (bicyclic) bond motifs is 1. The predicted octanol–water partition coefficient (Wildman–Crippen LogP) is 1.78. The van der Waals surface area contributed by atoms with Crippen molar-refractivity contribution in [2.75, 3.05) is 5.32 Å². The zero-order chi connectivity index (χ0) is 11.7. The molecular formula is C13H16N4. The molecule has 1 aliphatic heterocycles. The lowest BCUT2D eigenvalue weighted by Crippen LogP contribution is -2.27. The molecule has 0 radical (unpaired) electrons. The Morgan fingerprint density at radius 1 is 1.41 bits per heavy atom. The molecule has 17 heavy (non-hydrogen) atoms. The maximum atomic E-state index is 4.14. The third-order valence-electron chi connectivity index (χ3n) is 3.24. The minimum Gasteiger partial charge on any atom is -0.382 e. The molecule has 1 aliphatic rings. The van der Waals surface area contributed by atoms with E-state index in [9.17, 15) is 0 Å². The van der Waals surface area contributed by atoms with Gasteiger partial charge in [-0.3, -0.25) is 4.68 Å². The van der Waals surface area contributed by atoms with Crippen LogP contribution in [0.2, 0.25) is 0 Å². The van der Waals surface area contributed by atoms with Crippen molar-refractivity contribution in [1.29, 1.82) is 0 Å². The van der Waals surface area contributed by atoms with Crippen molar-refractivity contribution in [2.45, 2.75) is 25.3 Å². The topological polar surface area (TPSA) is 42.7 Å². The standard InChI is InChI=1S/C13H16N4/c1-17-9-12(15-16-17)8-11-7-6-10-4-2-3-5-13(10)14-11/h2-5,9,11,14H,6-8H2,1H3. The monoisotopic (exact) mass is 228 g/mol. The second-order valence-electron chi connectivity index (χ2n) is 4.62. The number of nitrogens with zero attached hydrogens (tertiary/aromatic N) is 3. The minimum atomic E-state index is 0.474. The number of aromatic nitrogens is 3. The quantitative estimate of drug-likeness (QED) is 0.852. The van der Waals surface area contributed by atoms with Crippen molar-refractivity contribution in [3.63, 3.8) is 0 Å². The van der Waals surface area contributed by atoms with Crippen LogP contribution in [0, 0.1) is 0 Å². The van der Waals surface area contributed by atoms with E-state index in [2.05, 4.69) is 39.9 Å². The number of nitrogens with one attached hydrogen (secondary N) is 1. The minimum absolute atomic E-state index is 0.474. The zero-order valence-electron chi connectivity index (χ0n) is 9.93. The molecular weight excluding hydrogens is 212 g/mol. The molecule has 0 aliphatic carbocycles. The van der Waals surface area contributed by atoms with Crippen molar-refractivity contribution in [2.24, 2.45) is 7.05 Å². The van der Waals surface area contributed by atoms with Gasteiger partial charge in [-0.25, -0.2) is 0 Å². The molecule has 0 amide bonds. The van der Waals surface area contributed by atoms with Gasteiger partial charge in [-0.2, -0.15) is 0 Å². The Morgan fingerprint density at radius 3 is 3.12 bits per heavy atom. The van der Waals surface area contributed by atoms with Crippen LogP contribution >= 0.6 is 0 Å². The van der Waals surface area contributed by atoms with Gasteiger partial charge in [0.1, 0.15) is 0 Å². The summed E-state index contributed by atoms with van der Waals surface area (Å²) >= 11 is 0. The summed E-state index contributed by atoms with van der Waals surface area (Å²) < 4.78 is 1.76. The Hall–Kier alpha value is -1.84. The van der Waals surface area contributed by atoms with Gasteiger partial charge in [0.2, 0.25) is 0 Å². The van der Waals surface area contributed by atoms with Crippen LogP contribution in [-0.2, 0) is 19.9 Å². The Morgan fingerprint density at radius 2 is 2.29 bits per heavy atom. The molecule has 1 aromatic carbocycles. The summed E-state index contributed by atoms with van der Waals surface area (Å²) in [5.41, 5.74) is 3.75. The molecule has 2 heterocycles.